The van der Waals surface area contributed by atoms with E-state index in [4.69, 9.17) is 5.84 Å². The summed E-state index contributed by atoms with van der Waals surface area (Å²) in [5.74, 6) is 5.64. The van der Waals surface area contributed by atoms with E-state index in [1.165, 1.54) is 0 Å². The van der Waals surface area contributed by atoms with Gasteiger partial charge in [0, 0.05) is 16.7 Å². The Bertz CT molecular complexity index is 490. The number of hydrogen-bond acceptors (Lipinski definition) is 4. The van der Waals surface area contributed by atoms with Crippen LogP contribution in [0.1, 0.15) is 43.5 Å². The van der Waals surface area contributed by atoms with Gasteiger partial charge < -0.3 is 10.7 Å². The molecule has 1 aromatic rings. The van der Waals surface area contributed by atoms with Crippen molar-refractivity contribution >= 4 is 27.7 Å². The zero-order valence-corrected chi connectivity index (χ0v) is 12.8. The molecule has 1 atom stereocenters. The van der Waals surface area contributed by atoms with E-state index in [1.54, 1.807) is 12.3 Å². The molecule has 19 heavy (non-hydrogen) atoms. The van der Waals surface area contributed by atoms with Crippen molar-refractivity contribution in [2.24, 2.45) is 11.3 Å². The molecule has 1 amide bonds. The van der Waals surface area contributed by atoms with Crippen molar-refractivity contribution in [3.63, 3.8) is 0 Å². The summed E-state index contributed by atoms with van der Waals surface area (Å²) in [6.45, 7) is 4.37. The number of nitrogens with two attached hydrogens (primary N) is 1. The number of pyridine rings is 1. The van der Waals surface area contributed by atoms with E-state index in [2.05, 4.69) is 45.5 Å². The lowest BCUT2D eigenvalue weighted by atomic mass is 9.87. The Labute approximate surface area is 121 Å². The van der Waals surface area contributed by atoms with Gasteiger partial charge in [-0.05, 0) is 40.3 Å². The van der Waals surface area contributed by atoms with Gasteiger partial charge in [-0.25, -0.2) is 10.8 Å². The molecule has 0 aliphatic heterocycles. The molecule has 1 aromatic heterocycles. The van der Waals surface area contributed by atoms with Crippen molar-refractivity contribution in [2.45, 2.75) is 39.2 Å². The number of nitrogens with one attached hydrogen (secondary N) is 2. The average Bonchev–Trinajstić information content (AvgIpc) is 2.68. The van der Waals surface area contributed by atoms with Crippen molar-refractivity contribution in [3.05, 3.63) is 22.3 Å². The van der Waals surface area contributed by atoms with Crippen LogP contribution in [0.4, 0.5) is 5.82 Å². The smallest absolute Gasteiger partial charge is 0.255 e. The van der Waals surface area contributed by atoms with Crippen LogP contribution in [0.25, 0.3) is 0 Å². The first-order valence-corrected chi connectivity index (χ1v) is 7.16. The second-order valence-electron chi connectivity index (χ2n) is 5.60. The molecule has 1 aliphatic rings. The quantitative estimate of drug-likeness (QED) is 0.588. The lowest BCUT2D eigenvalue weighted by Gasteiger charge is -2.28. The molecule has 1 heterocycles. The van der Waals surface area contributed by atoms with Crippen LogP contribution in [-0.4, -0.2) is 16.9 Å². The van der Waals surface area contributed by atoms with Gasteiger partial charge in [-0.15, -0.1) is 0 Å². The number of amides is 1. The molecule has 4 N–H and O–H groups in total. The van der Waals surface area contributed by atoms with Gasteiger partial charge in [0.15, 0.2) is 5.82 Å². The van der Waals surface area contributed by atoms with Crippen LogP contribution in [0.2, 0.25) is 0 Å². The Morgan fingerprint density at radius 3 is 2.89 bits per heavy atom. The molecule has 1 unspecified atom stereocenters. The van der Waals surface area contributed by atoms with Gasteiger partial charge in [-0.2, -0.15) is 0 Å². The Balaban J connectivity index is 2.18. The van der Waals surface area contributed by atoms with Crippen molar-refractivity contribution < 1.29 is 4.79 Å². The molecule has 6 heteroatoms. The van der Waals surface area contributed by atoms with E-state index in [0.717, 1.165) is 23.7 Å². The van der Waals surface area contributed by atoms with Crippen LogP contribution >= 0.6 is 15.9 Å². The summed E-state index contributed by atoms with van der Waals surface area (Å²) in [4.78, 5) is 16.4. The number of nitrogen functional groups attached to an aromatic ring is 1. The molecule has 1 aliphatic carbocycles. The maximum atomic E-state index is 12.4. The van der Waals surface area contributed by atoms with E-state index in [9.17, 15) is 4.79 Å². The van der Waals surface area contributed by atoms with Crippen molar-refractivity contribution in [2.75, 3.05) is 5.43 Å². The second-order valence-corrected chi connectivity index (χ2v) is 6.52. The molecule has 0 aromatic carbocycles. The summed E-state index contributed by atoms with van der Waals surface area (Å²) in [6, 6.07) is 1.92. The third-order valence-corrected chi connectivity index (χ3v) is 4.23. The number of carbonyl (C=O) groups is 1. The summed E-state index contributed by atoms with van der Waals surface area (Å²) in [5.41, 5.74) is 3.06. The topological polar surface area (TPSA) is 80.0 Å². The molecule has 0 bridgehead atoms. The predicted octanol–water partition coefficient (Wildman–Crippen LogP) is 2.44. The summed E-state index contributed by atoms with van der Waals surface area (Å²) in [5, 5.41) is 3.09. The minimum Gasteiger partial charge on any atom is -0.349 e. The van der Waals surface area contributed by atoms with Crippen LogP contribution in [0.3, 0.4) is 0 Å². The van der Waals surface area contributed by atoms with Crippen molar-refractivity contribution in [3.8, 4) is 0 Å². The largest absolute Gasteiger partial charge is 0.349 e. The first kappa shape index (κ1) is 14.3. The fourth-order valence-electron chi connectivity index (χ4n) is 2.56. The fourth-order valence-corrected chi connectivity index (χ4v) is 2.89. The van der Waals surface area contributed by atoms with Gasteiger partial charge in [-0.3, -0.25) is 4.79 Å². The first-order chi connectivity index (χ1) is 8.94. The second kappa shape index (κ2) is 5.46. The number of carbonyl (C=O) groups excluding carboxylic acids is 1. The van der Waals surface area contributed by atoms with Crippen LogP contribution in [0.15, 0.2) is 16.7 Å². The molecule has 104 valence electrons. The number of rotatable bonds is 3. The first-order valence-electron chi connectivity index (χ1n) is 6.37. The van der Waals surface area contributed by atoms with Crippen LogP contribution < -0.4 is 16.6 Å². The molecule has 0 saturated heterocycles. The summed E-state index contributed by atoms with van der Waals surface area (Å²) >= 11 is 3.32. The number of aromatic nitrogens is 1. The molecule has 1 saturated carbocycles. The highest BCUT2D eigenvalue weighted by atomic mass is 79.9. The number of nitrogens with zero attached hydrogens (tertiary/aromatic N) is 1. The Morgan fingerprint density at radius 2 is 2.32 bits per heavy atom. The predicted molar refractivity (Wildman–Crippen MR) is 78.6 cm³/mol. The van der Waals surface area contributed by atoms with Gasteiger partial charge in [0.25, 0.3) is 5.91 Å². The summed E-state index contributed by atoms with van der Waals surface area (Å²) in [7, 11) is 0. The van der Waals surface area contributed by atoms with Crippen molar-refractivity contribution in [1.82, 2.24) is 10.3 Å². The highest BCUT2D eigenvalue weighted by molar-refractivity contribution is 9.10. The highest BCUT2D eigenvalue weighted by Crippen LogP contribution is 2.37. The van der Waals surface area contributed by atoms with Crippen molar-refractivity contribution in [1.29, 1.82) is 0 Å². The molecular weight excluding hydrogens is 308 g/mol. The monoisotopic (exact) mass is 326 g/mol. The van der Waals surface area contributed by atoms with Gasteiger partial charge in [-0.1, -0.05) is 20.3 Å². The van der Waals surface area contributed by atoms with E-state index in [1.807, 2.05) is 0 Å². The zero-order chi connectivity index (χ0) is 14.0. The SMILES string of the molecule is CC1(C)CCCC1NC(=O)c1cc(Br)cnc1NN. The molecular formula is C13H19BrN4O. The minimum absolute atomic E-state index is 0.137. The molecule has 0 spiro atoms. The Hall–Kier alpha value is -1.14. The number of hydrazine groups is 1. The summed E-state index contributed by atoms with van der Waals surface area (Å²) in [6.07, 6.45) is 4.91. The van der Waals surface area contributed by atoms with E-state index in [0.29, 0.717) is 11.4 Å². The third kappa shape index (κ3) is 3.06. The lowest BCUT2D eigenvalue weighted by Crippen LogP contribution is -2.41. The van der Waals surface area contributed by atoms with E-state index in [-0.39, 0.29) is 17.4 Å². The highest BCUT2D eigenvalue weighted by Gasteiger charge is 2.35. The maximum absolute atomic E-state index is 12.4. The van der Waals surface area contributed by atoms with Crippen LogP contribution in [0, 0.1) is 5.41 Å². The number of anilines is 1. The zero-order valence-electron chi connectivity index (χ0n) is 11.2. The van der Waals surface area contributed by atoms with Crippen LogP contribution in [0.5, 0.6) is 0 Å². The van der Waals surface area contributed by atoms with E-state index < -0.39 is 0 Å². The number of hydrogen-bond donors (Lipinski definition) is 3. The lowest BCUT2D eigenvalue weighted by molar-refractivity contribution is 0.0910. The normalized spacial score (nSPS) is 21.2. The van der Waals surface area contributed by atoms with Gasteiger partial charge in [0.1, 0.15) is 0 Å². The minimum atomic E-state index is -0.137. The Kier molecular flexibility index (Phi) is 4.10. The van der Waals surface area contributed by atoms with Crippen LogP contribution in [-0.2, 0) is 0 Å². The van der Waals surface area contributed by atoms with Gasteiger partial charge in [0.2, 0.25) is 0 Å². The maximum Gasteiger partial charge on any atom is 0.255 e. The van der Waals surface area contributed by atoms with Gasteiger partial charge in [0.05, 0.1) is 5.56 Å². The average molecular weight is 327 g/mol. The van der Waals surface area contributed by atoms with E-state index >= 15 is 0 Å². The molecule has 2 rings (SSSR count). The fraction of sp³-hybridized carbons (Fsp3) is 0.538. The standard InChI is InChI=1S/C13H19BrN4O/c1-13(2)5-3-4-10(13)17-12(19)9-6-8(14)7-16-11(9)18-15/h6-7,10H,3-5,15H2,1-2H3,(H,16,18)(H,17,19). The Morgan fingerprint density at radius 1 is 1.58 bits per heavy atom. The molecule has 0 radical (unpaired) electrons. The summed E-state index contributed by atoms with van der Waals surface area (Å²) < 4.78 is 0.752. The number of halogens is 1. The van der Waals surface area contributed by atoms with Gasteiger partial charge >= 0.3 is 0 Å². The third-order valence-electron chi connectivity index (χ3n) is 3.80. The molecule has 5 nitrogen and oxygen atoms in total. The molecule has 1 fully saturated rings.